The molecule has 0 unspecified atom stereocenters. The van der Waals surface area contributed by atoms with Crippen molar-refractivity contribution in [2.45, 2.75) is 37.8 Å². The maximum atomic E-state index is 12.7. The van der Waals surface area contributed by atoms with Gasteiger partial charge in [0.15, 0.2) is 5.78 Å². The minimum atomic E-state index is -0.255. The van der Waals surface area contributed by atoms with Gasteiger partial charge >= 0.3 is 5.69 Å². The van der Waals surface area contributed by atoms with Crippen molar-refractivity contribution in [1.82, 2.24) is 14.5 Å². The molecule has 0 bridgehead atoms. The highest BCUT2D eigenvalue weighted by molar-refractivity contribution is 8.00. The Morgan fingerprint density at radius 1 is 1.18 bits per heavy atom. The third kappa shape index (κ3) is 3.92. The predicted octanol–water partition coefficient (Wildman–Crippen LogP) is 3.46. The Hall–Kier alpha value is -2.73. The van der Waals surface area contributed by atoms with E-state index in [0.717, 1.165) is 41.6 Å². The van der Waals surface area contributed by atoms with Gasteiger partial charge in [-0.25, -0.2) is 4.79 Å². The molecule has 0 saturated heterocycles. The van der Waals surface area contributed by atoms with E-state index in [4.69, 9.17) is 0 Å². The van der Waals surface area contributed by atoms with Crippen molar-refractivity contribution >= 4 is 17.5 Å². The molecule has 0 spiro atoms. The van der Waals surface area contributed by atoms with Crippen LogP contribution in [0.2, 0.25) is 0 Å². The maximum absolute atomic E-state index is 12.7. The molecule has 2 heterocycles. The molecule has 1 aliphatic rings. The van der Waals surface area contributed by atoms with Gasteiger partial charge in [-0.05, 0) is 37.8 Å². The van der Waals surface area contributed by atoms with Crippen LogP contribution < -0.4 is 5.69 Å². The number of Topliss-reactive ketones (excluding diaryl/α,β-unsaturated/α-hetero) is 1. The molecule has 1 aromatic carbocycles. The summed E-state index contributed by atoms with van der Waals surface area (Å²) in [6.07, 6.45) is 6.27. The second-order valence-electron chi connectivity index (χ2n) is 7.00. The molecular weight excluding hydrogens is 370 g/mol. The normalized spacial score (nSPS) is 12.8. The van der Waals surface area contributed by atoms with Crippen molar-refractivity contribution in [2.24, 2.45) is 0 Å². The number of aryl methyl sites for hydroxylation is 1. The molecule has 0 aliphatic heterocycles. The summed E-state index contributed by atoms with van der Waals surface area (Å²) in [5.41, 5.74) is 4.71. The minimum Gasteiger partial charge on any atom is -0.293 e. The van der Waals surface area contributed by atoms with E-state index in [0.29, 0.717) is 17.1 Å². The zero-order valence-corrected chi connectivity index (χ0v) is 16.5. The molecule has 0 atom stereocenters. The standard InChI is InChI=1S/C22H21N3O2S/c1-15-7-9-17(10-8-15)20(26)14-28-21-18-5-2-6-19(18)25(22(27)24-21)13-16-4-3-11-23-12-16/h3-4,7-12H,2,5-6,13-14H2,1H3. The number of fused-ring (bicyclic) bond motifs is 1. The van der Waals surface area contributed by atoms with Crippen molar-refractivity contribution in [3.05, 3.63) is 87.2 Å². The number of carbonyl (C=O) groups is 1. The van der Waals surface area contributed by atoms with Gasteiger partial charge in [-0.3, -0.25) is 14.3 Å². The van der Waals surface area contributed by atoms with Crippen LogP contribution in [0, 0.1) is 6.92 Å². The molecule has 28 heavy (non-hydrogen) atoms. The lowest BCUT2D eigenvalue weighted by atomic mass is 10.1. The highest BCUT2D eigenvalue weighted by atomic mass is 32.2. The van der Waals surface area contributed by atoms with E-state index in [-0.39, 0.29) is 17.2 Å². The monoisotopic (exact) mass is 391 g/mol. The molecule has 0 amide bonds. The Labute approximate surface area is 167 Å². The van der Waals surface area contributed by atoms with E-state index in [1.807, 2.05) is 43.3 Å². The lowest BCUT2D eigenvalue weighted by Gasteiger charge is -2.14. The fraction of sp³-hybridized carbons (Fsp3) is 0.273. The van der Waals surface area contributed by atoms with Crippen molar-refractivity contribution in [2.75, 3.05) is 5.75 Å². The van der Waals surface area contributed by atoms with Crippen LogP contribution in [-0.2, 0) is 19.4 Å². The van der Waals surface area contributed by atoms with Crippen LogP contribution in [0.1, 0.15) is 39.2 Å². The zero-order chi connectivity index (χ0) is 19.5. The second kappa shape index (κ2) is 8.10. The average molecular weight is 391 g/mol. The van der Waals surface area contributed by atoms with Gasteiger partial charge < -0.3 is 0 Å². The van der Waals surface area contributed by atoms with Crippen molar-refractivity contribution in [1.29, 1.82) is 0 Å². The smallest absolute Gasteiger partial charge is 0.293 e. The van der Waals surface area contributed by atoms with Crippen LogP contribution in [0.15, 0.2) is 58.6 Å². The second-order valence-corrected chi connectivity index (χ2v) is 7.97. The Kier molecular flexibility index (Phi) is 5.39. The molecule has 1 aliphatic carbocycles. The summed E-state index contributed by atoms with van der Waals surface area (Å²) in [7, 11) is 0. The number of hydrogen-bond acceptors (Lipinski definition) is 5. The van der Waals surface area contributed by atoms with E-state index in [1.54, 1.807) is 17.0 Å². The Morgan fingerprint density at radius 3 is 2.75 bits per heavy atom. The number of aromatic nitrogens is 3. The van der Waals surface area contributed by atoms with Crippen LogP contribution in [0.4, 0.5) is 0 Å². The summed E-state index contributed by atoms with van der Waals surface area (Å²) in [6.45, 7) is 2.48. The topological polar surface area (TPSA) is 64.8 Å². The Bertz CT molecular complexity index is 1060. The van der Waals surface area contributed by atoms with Gasteiger partial charge in [-0.2, -0.15) is 4.98 Å². The molecular formula is C22H21N3O2S. The number of pyridine rings is 1. The van der Waals surface area contributed by atoms with Crippen molar-refractivity contribution in [3.8, 4) is 0 Å². The van der Waals surface area contributed by atoms with Gasteiger partial charge in [0.2, 0.25) is 0 Å². The van der Waals surface area contributed by atoms with Gasteiger partial charge in [0.25, 0.3) is 0 Å². The number of ketones is 1. The van der Waals surface area contributed by atoms with E-state index >= 15 is 0 Å². The van der Waals surface area contributed by atoms with Crippen molar-refractivity contribution < 1.29 is 4.79 Å². The largest absolute Gasteiger partial charge is 0.349 e. The summed E-state index contributed by atoms with van der Waals surface area (Å²) >= 11 is 1.38. The number of rotatable bonds is 6. The average Bonchev–Trinajstić information content (AvgIpc) is 3.20. The fourth-order valence-corrected chi connectivity index (χ4v) is 4.47. The first-order chi connectivity index (χ1) is 13.6. The first-order valence-electron chi connectivity index (χ1n) is 9.36. The third-order valence-electron chi connectivity index (χ3n) is 4.98. The molecule has 0 fully saturated rings. The first-order valence-corrected chi connectivity index (χ1v) is 10.3. The highest BCUT2D eigenvalue weighted by Crippen LogP contribution is 2.29. The lowest BCUT2D eigenvalue weighted by molar-refractivity contribution is 0.102. The molecule has 6 heteroatoms. The highest BCUT2D eigenvalue weighted by Gasteiger charge is 2.22. The van der Waals surface area contributed by atoms with Gasteiger partial charge in [0.1, 0.15) is 5.03 Å². The molecule has 4 rings (SSSR count). The van der Waals surface area contributed by atoms with Gasteiger partial charge in [0, 0.05) is 29.2 Å². The van der Waals surface area contributed by atoms with Crippen LogP contribution in [-0.4, -0.2) is 26.1 Å². The van der Waals surface area contributed by atoms with Crippen LogP contribution in [0.3, 0.4) is 0 Å². The van der Waals surface area contributed by atoms with E-state index < -0.39 is 0 Å². The van der Waals surface area contributed by atoms with Gasteiger partial charge in [-0.15, -0.1) is 0 Å². The Morgan fingerprint density at radius 2 is 2.00 bits per heavy atom. The minimum absolute atomic E-state index is 0.0538. The molecule has 0 saturated carbocycles. The number of nitrogens with zero attached hydrogens (tertiary/aromatic N) is 3. The van der Waals surface area contributed by atoms with Gasteiger partial charge in [-0.1, -0.05) is 47.7 Å². The molecule has 2 aromatic heterocycles. The molecule has 5 nitrogen and oxygen atoms in total. The number of hydrogen-bond donors (Lipinski definition) is 0. The summed E-state index contributed by atoms with van der Waals surface area (Å²) in [5, 5.41) is 0.709. The van der Waals surface area contributed by atoms with Gasteiger partial charge in [0.05, 0.1) is 12.3 Å². The van der Waals surface area contributed by atoms with E-state index in [9.17, 15) is 9.59 Å². The molecule has 0 N–H and O–H groups in total. The predicted molar refractivity (Wildman–Crippen MR) is 110 cm³/mol. The van der Waals surface area contributed by atoms with Crippen LogP contribution in [0.5, 0.6) is 0 Å². The summed E-state index contributed by atoms with van der Waals surface area (Å²) in [4.78, 5) is 33.6. The van der Waals surface area contributed by atoms with Crippen LogP contribution >= 0.6 is 11.8 Å². The fourth-order valence-electron chi connectivity index (χ4n) is 3.50. The van der Waals surface area contributed by atoms with E-state index in [1.165, 1.54) is 11.8 Å². The zero-order valence-electron chi connectivity index (χ0n) is 15.7. The first kappa shape index (κ1) is 18.6. The summed E-state index contributed by atoms with van der Waals surface area (Å²) < 4.78 is 1.76. The SMILES string of the molecule is Cc1ccc(C(=O)CSc2nc(=O)n(Cc3cccnc3)c3c2CCC3)cc1. The molecule has 142 valence electrons. The summed E-state index contributed by atoms with van der Waals surface area (Å²) in [6, 6.07) is 11.4. The Balaban J connectivity index is 1.56. The molecule has 3 aromatic rings. The quantitative estimate of drug-likeness (QED) is 0.366. The molecule has 0 radical (unpaired) electrons. The van der Waals surface area contributed by atoms with Crippen molar-refractivity contribution in [3.63, 3.8) is 0 Å². The number of carbonyl (C=O) groups excluding carboxylic acids is 1. The summed E-state index contributed by atoms with van der Waals surface area (Å²) in [5.74, 6) is 0.340. The number of thioether (sulfide) groups is 1. The van der Waals surface area contributed by atoms with Crippen LogP contribution in [0.25, 0.3) is 0 Å². The maximum Gasteiger partial charge on any atom is 0.349 e. The lowest BCUT2D eigenvalue weighted by Crippen LogP contribution is -2.28. The van der Waals surface area contributed by atoms with E-state index in [2.05, 4.69) is 9.97 Å². The number of benzene rings is 1. The third-order valence-corrected chi connectivity index (χ3v) is 6.00.